The lowest BCUT2D eigenvalue weighted by atomic mass is 9.83. The number of carboxylic acid groups (broad SMARTS) is 1. The van der Waals surface area contributed by atoms with Gasteiger partial charge in [-0.25, -0.2) is 4.39 Å². The fourth-order valence-corrected chi connectivity index (χ4v) is 1.42. The van der Waals surface area contributed by atoms with Gasteiger partial charge in [0, 0.05) is 5.56 Å². The Balaban J connectivity index is 3.32. The van der Waals surface area contributed by atoms with Crippen molar-refractivity contribution in [2.45, 2.75) is 32.4 Å². The van der Waals surface area contributed by atoms with Gasteiger partial charge in [0.15, 0.2) is 0 Å². The molecule has 1 aromatic rings. The second kappa shape index (κ2) is 4.12. The van der Waals surface area contributed by atoms with E-state index < -0.39 is 17.6 Å². The van der Waals surface area contributed by atoms with E-state index in [1.165, 1.54) is 39.0 Å². The molecule has 0 saturated heterocycles. The van der Waals surface area contributed by atoms with Crippen LogP contribution in [0.4, 0.5) is 4.39 Å². The lowest BCUT2D eigenvalue weighted by Gasteiger charge is -2.21. The zero-order valence-electron chi connectivity index (χ0n) is 9.49. The van der Waals surface area contributed by atoms with E-state index in [1.54, 1.807) is 0 Å². The van der Waals surface area contributed by atoms with E-state index in [9.17, 15) is 14.3 Å². The molecule has 0 aliphatic heterocycles. The summed E-state index contributed by atoms with van der Waals surface area (Å²) in [4.78, 5) is 11.1. The molecular weight excluding hydrogens is 211 g/mol. The van der Waals surface area contributed by atoms with Gasteiger partial charge in [0.25, 0.3) is 0 Å². The lowest BCUT2D eigenvalue weighted by Crippen LogP contribution is -2.28. The van der Waals surface area contributed by atoms with Crippen molar-refractivity contribution in [1.29, 1.82) is 0 Å². The van der Waals surface area contributed by atoms with Crippen LogP contribution in [0.15, 0.2) is 18.2 Å². The molecule has 0 saturated carbocycles. The number of alkyl halides is 1. The number of carbonyl (C=O) groups is 1. The molecule has 0 aromatic heterocycles. The van der Waals surface area contributed by atoms with Crippen LogP contribution in [0.2, 0.25) is 0 Å². The Kier molecular flexibility index (Phi) is 3.21. The Bertz CT molecular complexity index is 411. The van der Waals surface area contributed by atoms with Crippen LogP contribution in [-0.2, 0) is 10.2 Å². The fourth-order valence-electron chi connectivity index (χ4n) is 1.42. The van der Waals surface area contributed by atoms with E-state index in [4.69, 9.17) is 5.11 Å². The van der Waals surface area contributed by atoms with Gasteiger partial charge in [-0.2, -0.15) is 0 Å². The average Bonchev–Trinajstić information content (AvgIpc) is 2.17. The fraction of sp³-hybridized carbons (Fsp3) is 0.417. The number of hydrogen-bond donors (Lipinski definition) is 2. The second-order valence-corrected chi connectivity index (χ2v) is 4.32. The van der Waals surface area contributed by atoms with Crippen LogP contribution in [0.25, 0.3) is 0 Å². The molecule has 1 atom stereocenters. The zero-order chi connectivity index (χ0) is 12.5. The number of aromatic hydroxyl groups is 1. The van der Waals surface area contributed by atoms with Crippen molar-refractivity contribution in [3.8, 4) is 5.75 Å². The van der Waals surface area contributed by atoms with Crippen LogP contribution >= 0.6 is 0 Å². The predicted molar refractivity (Wildman–Crippen MR) is 58.3 cm³/mol. The predicted octanol–water partition coefficient (Wildman–Crippen LogP) is 2.78. The molecule has 1 aromatic carbocycles. The monoisotopic (exact) mass is 226 g/mol. The van der Waals surface area contributed by atoms with Crippen molar-refractivity contribution in [2.24, 2.45) is 0 Å². The van der Waals surface area contributed by atoms with Gasteiger partial charge < -0.3 is 10.2 Å². The molecule has 88 valence electrons. The molecule has 2 N–H and O–H groups in total. The van der Waals surface area contributed by atoms with Crippen LogP contribution < -0.4 is 0 Å². The summed E-state index contributed by atoms with van der Waals surface area (Å²) in [5.74, 6) is -1.19. The average molecular weight is 226 g/mol. The van der Waals surface area contributed by atoms with Gasteiger partial charge in [-0.1, -0.05) is 6.07 Å². The molecule has 0 fully saturated rings. The summed E-state index contributed by atoms with van der Waals surface area (Å²) in [6.45, 7) is 4.30. The molecule has 3 nitrogen and oxygen atoms in total. The highest BCUT2D eigenvalue weighted by Gasteiger charge is 2.32. The maximum atomic E-state index is 13.1. The SMILES string of the molecule is CC(F)c1ccc(O)c(C(C)(C)C(=O)O)c1. The third-order valence-corrected chi connectivity index (χ3v) is 2.69. The molecule has 0 heterocycles. The molecule has 0 aliphatic rings. The molecule has 1 rings (SSSR count). The molecule has 0 amide bonds. The zero-order valence-corrected chi connectivity index (χ0v) is 9.49. The number of carboxylic acids is 1. The molecule has 0 aliphatic carbocycles. The van der Waals surface area contributed by atoms with Crippen molar-refractivity contribution < 1.29 is 19.4 Å². The Morgan fingerprint density at radius 1 is 1.44 bits per heavy atom. The van der Waals surface area contributed by atoms with Crippen molar-refractivity contribution in [3.05, 3.63) is 29.3 Å². The summed E-state index contributed by atoms with van der Waals surface area (Å²) in [5, 5.41) is 18.7. The van der Waals surface area contributed by atoms with E-state index in [-0.39, 0.29) is 11.3 Å². The van der Waals surface area contributed by atoms with E-state index in [2.05, 4.69) is 0 Å². The van der Waals surface area contributed by atoms with E-state index in [0.29, 0.717) is 5.56 Å². The minimum Gasteiger partial charge on any atom is -0.508 e. The maximum Gasteiger partial charge on any atom is 0.313 e. The molecule has 16 heavy (non-hydrogen) atoms. The van der Waals surface area contributed by atoms with Crippen LogP contribution in [-0.4, -0.2) is 16.2 Å². The third-order valence-electron chi connectivity index (χ3n) is 2.69. The van der Waals surface area contributed by atoms with Gasteiger partial charge in [-0.3, -0.25) is 4.79 Å². The number of aliphatic carboxylic acids is 1. The van der Waals surface area contributed by atoms with Crippen molar-refractivity contribution >= 4 is 5.97 Å². The second-order valence-electron chi connectivity index (χ2n) is 4.32. The molecule has 1 unspecified atom stereocenters. The van der Waals surface area contributed by atoms with Gasteiger partial charge in [0.2, 0.25) is 0 Å². The maximum absolute atomic E-state index is 13.1. The number of benzene rings is 1. The first-order valence-electron chi connectivity index (χ1n) is 4.97. The molecule has 4 heteroatoms. The van der Waals surface area contributed by atoms with Gasteiger partial charge in [0.1, 0.15) is 11.9 Å². The Morgan fingerprint density at radius 3 is 2.44 bits per heavy atom. The summed E-state index contributed by atoms with van der Waals surface area (Å²) < 4.78 is 13.1. The largest absolute Gasteiger partial charge is 0.508 e. The van der Waals surface area contributed by atoms with E-state index >= 15 is 0 Å². The Morgan fingerprint density at radius 2 is 2.00 bits per heavy atom. The minimum absolute atomic E-state index is 0.128. The van der Waals surface area contributed by atoms with Crippen LogP contribution in [0.3, 0.4) is 0 Å². The van der Waals surface area contributed by atoms with Crippen LogP contribution in [0.1, 0.15) is 38.1 Å². The van der Waals surface area contributed by atoms with Crippen LogP contribution in [0, 0.1) is 0 Å². The summed E-state index contributed by atoms with van der Waals surface area (Å²) in [5.41, 5.74) is -0.654. The number of rotatable bonds is 3. The summed E-state index contributed by atoms with van der Waals surface area (Å²) >= 11 is 0. The number of phenolic OH excluding ortho intramolecular Hbond substituents is 1. The number of phenols is 1. The van der Waals surface area contributed by atoms with Crippen molar-refractivity contribution in [1.82, 2.24) is 0 Å². The van der Waals surface area contributed by atoms with Gasteiger partial charge in [-0.15, -0.1) is 0 Å². The highest BCUT2D eigenvalue weighted by atomic mass is 19.1. The normalized spacial score (nSPS) is 13.5. The van der Waals surface area contributed by atoms with Gasteiger partial charge >= 0.3 is 5.97 Å². The first-order valence-corrected chi connectivity index (χ1v) is 4.97. The van der Waals surface area contributed by atoms with E-state index in [1.807, 2.05) is 0 Å². The molecular formula is C12H15FO3. The standard InChI is InChI=1S/C12H15FO3/c1-7(13)8-4-5-10(14)9(6-8)12(2,3)11(15)16/h4-7,14H,1-3H3,(H,15,16). The van der Waals surface area contributed by atoms with Gasteiger partial charge in [-0.05, 0) is 38.5 Å². The summed E-state index contributed by atoms with van der Waals surface area (Å²) in [6.07, 6.45) is -1.19. The lowest BCUT2D eigenvalue weighted by molar-refractivity contribution is -0.142. The first-order chi connectivity index (χ1) is 7.26. The molecule has 0 spiro atoms. The quantitative estimate of drug-likeness (QED) is 0.833. The van der Waals surface area contributed by atoms with Gasteiger partial charge in [0.05, 0.1) is 5.41 Å². The topological polar surface area (TPSA) is 57.5 Å². The Hall–Kier alpha value is -1.58. The number of hydrogen-bond acceptors (Lipinski definition) is 2. The smallest absolute Gasteiger partial charge is 0.313 e. The molecule has 0 bridgehead atoms. The Labute approximate surface area is 93.5 Å². The highest BCUT2D eigenvalue weighted by molar-refractivity contribution is 5.81. The van der Waals surface area contributed by atoms with Crippen LogP contribution in [0.5, 0.6) is 5.75 Å². The number of halogens is 1. The summed E-state index contributed by atoms with van der Waals surface area (Å²) in [7, 11) is 0. The summed E-state index contributed by atoms with van der Waals surface area (Å²) in [6, 6.07) is 4.17. The van der Waals surface area contributed by atoms with Crippen molar-refractivity contribution in [2.75, 3.05) is 0 Å². The minimum atomic E-state index is -1.24. The van der Waals surface area contributed by atoms with E-state index in [0.717, 1.165) is 0 Å². The van der Waals surface area contributed by atoms with Crippen molar-refractivity contribution in [3.63, 3.8) is 0 Å². The third kappa shape index (κ3) is 2.15. The first kappa shape index (κ1) is 12.5. The highest BCUT2D eigenvalue weighted by Crippen LogP contribution is 2.33. The molecule has 0 radical (unpaired) electrons.